The van der Waals surface area contributed by atoms with Crippen LogP contribution in [-0.4, -0.2) is 17.6 Å². The molecule has 0 aromatic heterocycles. The van der Waals surface area contributed by atoms with Gasteiger partial charge in [-0.05, 0) is 93.9 Å². The number of carbonyl (C=O) groups is 1. The average molecular weight is 327 g/mol. The largest absolute Gasteiger partial charge is 0.491 e. The van der Waals surface area contributed by atoms with Crippen LogP contribution in [0.25, 0.3) is 0 Å². The maximum absolute atomic E-state index is 12.8. The highest BCUT2D eigenvalue weighted by molar-refractivity contribution is 5.94. The zero-order valence-electron chi connectivity index (χ0n) is 14.9. The van der Waals surface area contributed by atoms with E-state index in [1.807, 2.05) is 24.3 Å². The molecule has 24 heavy (non-hydrogen) atoms. The van der Waals surface area contributed by atoms with Crippen molar-refractivity contribution in [3.8, 4) is 5.75 Å². The lowest BCUT2D eigenvalue weighted by Gasteiger charge is -2.56. The van der Waals surface area contributed by atoms with Gasteiger partial charge in [-0.2, -0.15) is 0 Å². The lowest BCUT2D eigenvalue weighted by molar-refractivity contribution is -0.0167. The maximum Gasteiger partial charge on any atom is 0.251 e. The first-order chi connectivity index (χ1) is 11.5. The summed E-state index contributed by atoms with van der Waals surface area (Å²) in [4.78, 5) is 12.8. The van der Waals surface area contributed by atoms with E-state index >= 15 is 0 Å². The number of hydrogen-bond acceptors (Lipinski definition) is 2. The third-order valence-corrected chi connectivity index (χ3v) is 6.45. The van der Waals surface area contributed by atoms with Gasteiger partial charge in [0.1, 0.15) is 5.75 Å². The summed E-state index contributed by atoms with van der Waals surface area (Å²) < 4.78 is 5.80. The molecule has 4 aliphatic carbocycles. The zero-order chi connectivity index (χ0) is 16.7. The van der Waals surface area contributed by atoms with E-state index in [4.69, 9.17) is 4.74 Å². The Morgan fingerprint density at radius 1 is 1.12 bits per heavy atom. The van der Waals surface area contributed by atoms with Gasteiger partial charge in [-0.1, -0.05) is 6.92 Å². The highest BCUT2D eigenvalue weighted by Crippen LogP contribution is 2.55. The van der Waals surface area contributed by atoms with E-state index in [1.54, 1.807) is 0 Å². The zero-order valence-corrected chi connectivity index (χ0v) is 14.9. The van der Waals surface area contributed by atoms with Crippen molar-refractivity contribution in [2.45, 2.75) is 70.4 Å². The predicted molar refractivity (Wildman–Crippen MR) is 95.2 cm³/mol. The molecular weight excluding hydrogens is 298 g/mol. The molecule has 1 aromatic carbocycles. The molecule has 0 radical (unpaired) electrons. The van der Waals surface area contributed by atoms with Crippen LogP contribution in [0.4, 0.5) is 0 Å². The van der Waals surface area contributed by atoms with Gasteiger partial charge in [-0.25, -0.2) is 0 Å². The first kappa shape index (κ1) is 16.0. The molecule has 1 unspecified atom stereocenters. The minimum atomic E-state index is 0.0811. The lowest BCUT2D eigenvalue weighted by Crippen LogP contribution is -2.59. The molecule has 4 bridgehead atoms. The van der Waals surface area contributed by atoms with Crippen LogP contribution >= 0.6 is 0 Å². The highest BCUT2D eigenvalue weighted by atomic mass is 16.5. The summed E-state index contributed by atoms with van der Waals surface area (Å²) in [6, 6.07) is 7.63. The van der Waals surface area contributed by atoms with Crippen molar-refractivity contribution in [1.82, 2.24) is 5.32 Å². The molecule has 1 aromatic rings. The second-order valence-electron chi connectivity index (χ2n) is 8.51. The first-order valence-electron chi connectivity index (χ1n) is 9.64. The summed E-state index contributed by atoms with van der Waals surface area (Å²) in [5.74, 6) is 3.48. The van der Waals surface area contributed by atoms with Gasteiger partial charge >= 0.3 is 0 Å². The molecule has 5 rings (SSSR count). The maximum atomic E-state index is 12.8. The van der Waals surface area contributed by atoms with Gasteiger partial charge in [0.05, 0.1) is 6.10 Å². The molecule has 0 heterocycles. The minimum Gasteiger partial charge on any atom is -0.491 e. The van der Waals surface area contributed by atoms with Crippen LogP contribution in [0.15, 0.2) is 24.3 Å². The second kappa shape index (κ2) is 6.09. The third-order valence-electron chi connectivity index (χ3n) is 6.45. The van der Waals surface area contributed by atoms with Crippen LogP contribution in [0, 0.1) is 17.8 Å². The fourth-order valence-corrected chi connectivity index (χ4v) is 5.58. The predicted octanol–water partition coefficient (Wildman–Crippen LogP) is 4.56. The van der Waals surface area contributed by atoms with Crippen molar-refractivity contribution in [2.24, 2.45) is 17.8 Å². The van der Waals surface area contributed by atoms with Crippen LogP contribution in [0.1, 0.15) is 69.2 Å². The second-order valence-corrected chi connectivity index (χ2v) is 8.51. The molecule has 4 fully saturated rings. The topological polar surface area (TPSA) is 38.3 Å². The molecule has 130 valence electrons. The Morgan fingerprint density at radius 2 is 1.67 bits per heavy atom. The van der Waals surface area contributed by atoms with E-state index in [0.717, 1.165) is 35.5 Å². The summed E-state index contributed by atoms with van der Waals surface area (Å²) in [6.07, 6.45) is 8.97. The Kier molecular flexibility index (Phi) is 4.06. The van der Waals surface area contributed by atoms with Gasteiger partial charge in [0.2, 0.25) is 0 Å². The van der Waals surface area contributed by atoms with Crippen molar-refractivity contribution in [3.05, 3.63) is 29.8 Å². The van der Waals surface area contributed by atoms with E-state index in [0.29, 0.717) is 0 Å². The van der Waals surface area contributed by atoms with E-state index in [-0.39, 0.29) is 17.6 Å². The summed E-state index contributed by atoms with van der Waals surface area (Å²) in [5, 5.41) is 3.43. The van der Waals surface area contributed by atoms with Gasteiger partial charge < -0.3 is 10.1 Å². The standard InChI is InChI=1S/C21H29NO2/c1-3-14(2)24-19-6-4-18(5-7-19)20(23)22-21-11-15-8-16(12-21)10-17(9-15)13-21/h4-7,14-17H,3,8-13H2,1-2H3,(H,22,23). The number of rotatable bonds is 5. The molecule has 3 heteroatoms. The van der Waals surface area contributed by atoms with E-state index < -0.39 is 0 Å². The van der Waals surface area contributed by atoms with Crippen LogP contribution in [0.2, 0.25) is 0 Å². The van der Waals surface area contributed by atoms with Crippen molar-refractivity contribution in [2.75, 3.05) is 0 Å². The molecule has 0 saturated heterocycles. The fourth-order valence-electron chi connectivity index (χ4n) is 5.58. The minimum absolute atomic E-state index is 0.0811. The summed E-state index contributed by atoms with van der Waals surface area (Å²) in [6.45, 7) is 4.17. The average Bonchev–Trinajstić information content (AvgIpc) is 2.53. The number of hydrogen-bond donors (Lipinski definition) is 1. The smallest absolute Gasteiger partial charge is 0.251 e. The fraction of sp³-hybridized carbons (Fsp3) is 0.667. The van der Waals surface area contributed by atoms with Gasteiger partial charge in [0.25, 0.3) is 5.91 Å². The van der Waals surface area contributed by atoms with Crippen LogP contribution in [0.3, 0.4) is 0 Å². The quantitative estimate of drug-likeness (QED) is 0.861. The summed E-state index contributed by atoms with van der Waals surface area (Å²) in [5.41, 5.74) is 0.833. The Bertz CT molecular complexity index is 571. The lowest BCUT2D eigenvalue weighted by atomic mass is 9.53. The number of benzene rings is 1. The van der Waals surface area contributed by atoms with Gasteiger partial charge in [-0.3, -0.25) is 4.79 Å². The number of carbonyl (C=O) groups excluding carboxylic acids is 1. The van der Waals surface area contributed by atoms with E-state index in [9.17, 15) is 4.79 Å². The SMILES string of the molecule is CCC(C)Oc1ccc(C(=O)NC23CC4CC(CC(C4)C2)C3)cc1. The van der Waals surface area contributed by atoms with Crippen LogP contribution in [-0.2, 0) is 0 Å². The van der Waals surface area contributed by atoms with E-state index in [2.05, 4.69) is 19.2 Å². The molecule has 3 nitrogen and oxygen atoms in total. The number of ether oxygens (including phenoxy) is 1. The molecule has 0 aliphatic heterocycles. The van der Waals surface area contributed by atoms with Crippen molar-refractivity contribution < 1.29 is 9.53 Å². The molecule has 1 amide bonds. The molecule has 4 saturated carbocycles. The van der Waals surface area contributed by atoms with Crippen molar-refractivity contribution in [1.29, 1.82) is 0 Å². The number of amides is 1. The third kappa shape index (κ3) is 3.05. The Hall–Kier alpha value is -1.51. The monoisotopic (exact) mass is 327 g/mol. The Morgan fingerprint density at radius 3 is 2.17 bits per heavy atom. The summed E-state index contributed by atoms with van der Waals surface area (Å²) in [7, 11) is 0. The molecule has 1 N–H and O–H groups in total. The molecular formula is C21H29NO2. The van der Waals surface area contributed by atoms with Gasteiger partial charge in [-0.15, -0.1) is 0 Å². The molecule has 0 spiro atoms. The number of nitrogens with one attached hydrogen (secondary N) is 1. The normalized spacial score (nSPS) is 34.8. The first-order valence-corrected chi connectivity index (χ1v) is 9.64. The Balaban J connectivity index is 1.43. The Labute approximate surface area is 145 Å². The molecule has 4 aliphatic rings. The van der Waals surface area contributed by atoms with Crippen molar-refractivity contribution in [3.63, 3.8) is 0 Å². The van der Waals surface area contributed by atoms with Gasteiger partial charge in [0, 0.05) is 11.1 Å². The van der Waals surface area contributed by atoms with Crippen LogP contribution in [0.5, 0.6) is 5.75 Å². The van der Waals surface area contributed by atoms with Crippen LogP contribution < -0.4 is 10.1 Å². The summed E-state index contributed by atoms with van der Waals surface area (Å²) >= 11 is 0. The van der Waals surface area contributed by atoms with Gasteiger partial charge in [0.15, 0.2) is 0 Å². The van der Waals surface area contributed by atoms with Crippen molar-refractivity contribution >= 4 is 5.91 Å². The van der Waals surface area contributed by atoms with E-state index in [1.165, 1.54) is 38.5 Å². The highest BCUT2D eigenvalue weighted by Gasteiger charge is 2.51. The molecule has 1 atom stereocenters.